The standard InChI is InChI=1S/C31H29F7O5/c1-3-9-39-10-8-18-16-40-30(41-17-18)19-4-7-28(24(34)11-19)43-31(2,38)42-21-5-6-22(23(33)14-21)20-12-25(35)29(26(36)13-20)27(37)15-32/h4-7,11-15,18,30H,3,8-10,16-17H2,1-2H3/b27-15-. The van der Waals surface area contributed by atoms with Gasteiger partial charge in [0.25, 0.3) is 0 Å². The molecule has 4 rings (SSSR count). The summed E-state index contributed by atoms with van der Waals surface area (Å²) in [7, 11) is 0. The highest BCUT2D eigenvalue weighted by molar-refractivity contribution is 5.69. The van der Waals surface area contributed by atoms with Crippen molar-refractivity contribution in [1.82, 2.24) is 0 Å². The number of hydrogen-bond acceptors (Lipinski definition) is 5. The van der Waals surface area contributed by atoms with Gasteiger partial charge >= 0.3 is 6.04 Å². The molecule has 1 saturated heterocycles. The number of hydrogen-bond donors (Lipinski definition) is 0. The van der Waals surface area contributed by atoms with Crippen molar-refractivity contribution in [3.63, 3.8) is 0 Å². The second-order valence-corrected chi connectivity index (χ2v) is 9.91. The summed E-state index contributed by atoms with van der Waals surface area (Å²) in [6.07, 6.45) is 0.273. The summed E-state index contributed by atoms with van der Waals surface area (Å²) >= 11 is 0. The van der Waals surface area contributed by atoms with Gasteiger partial charge < -0.3 is 23.7 Å². The van der Waals surface area contributed by atoms with E-state index in [4.69, 9.17) is 23.7 Å². The van der Waals surface area contributed by atoms with E-state index in [0.717, 1.165) is 38.0 Å². The number of ether oxygens (including phenoxy) is 5. The molecule has 1 aliphatic rings. The summed E-state index contributed by atoms with van der Waals surface area (Å²) in [6.45, 7) is 4.91. The Labute approximate surface area is 243 Å². The first-order chi connectivity index (χ1) is 20.5. The summed E-state index contributed by atoms with van der Waals surface area (Å²) in [5.74, 6) is -7.47. The smallest absolute Gasteiger partial charge is 0.404 e. The van der Waals surface area contributed by atoms with Crippen LogP contribution in [0.5, 0.6) is 11.5 Å². The van der Waals surface area contributed by atoms with Crippen LogP contribution in [0.2, 0.25) is 0 Å². The van der Waals surface area contributed by atoms with Gasteiger partial charge in [-0.15, -0.1) is 0 Å². The second kappa shape index (κ2) is 14.2. The first-order valence-electron chi connectivity index (χ1n) is 13.4. The van der Waals surface area contributed by atoms with Crippen molar-refractivity contribution in [1.29, 1.82) is 0 Å². The lowest BCUT2D eigenvalue weighted by molar-refractivity contribution is -0.207. The molecule has 43 heavy (non-hydrogen) atoms. The minimum atomic E-state index is -2.97. The fraction of sp³-hybridized carbons (Fsp3) is 0.355. The lowest BCUT2D eigenvalue weighted by Gasteiger charge is -2.30. The predicted molar refractivity (Wildman–Crippen MR) is 143 cm³/mol. The molecule has 5 nitrogen and oxygen atoms in total. The zero-order valence-corrected chi connectivity index (χ0v) is 23.3. The van der Waals surface area contributed by atoms with Gasteiger partial charge in [0.15, 0.2) is 23.7 Å². The van der Waals surface area contributed by atoms with Crippen LogP contribution in [0.4, 0.5) is 30.7 Å². The SMILES string of the molecule is CCCOCCC1COC(c2ccc(OC(C)(F)Oc3ccc(-c4cc(F)c(/C(F)=C/F)c(F)c4)c(F)c3)c(F)c2)OC1. The molecule has 3 aromatic rings. The first-order valence-corrected chi connectivity index (χ1v) is 13.4. The lowest BCUT2D eigenvalue weighted by atomic mass is 10.0. The third-order valence-corrected chi connectivity index (χ3v) is 6.43. The molecule has 0 saturated carbocycles. The van der Waals surface area contributed by atoms with Crippen LogP contribution in [0.25, 0.3) is 17.0 Å². The molecule has 0 aromatic heterocycles. The van der Waals surface area contributed by atoms with Crippen LogP contribution in [0.15, 0.2) is 54.9 Å². The van der Waals surface area contributed by atoms with E-state index < -0.39 is 64.8 Å². The zero-order chi connectivity index (χ0) is 31.1. The van der Waals surface area contributed by atoms with Crippen LogP contribution >= 0.6 is 0 Å². The number of alkyl halides is 1. The van der Waals surface area contributed by atoms with Gasteiger partial charge in [0, 0.05) is 43.2 Å². The monoisotopic (exact) mass is 614 g/mol. The van der Waals surface area contributed by atoms with Crippen LogP contribution in [-0.2, 0) is 14.2 Å². The average Bonchev–Trinajstić information content (AvgIpc) is 2.96. The Bertz CT molecular complexity index is 1420. The van der Waals surface area contributed by atoms with Gasteiger partial charge in [0.05, 0.1) is 18.8 Å². The molecular weight excluding hydrogens is 585 g/mol. The molecule has 1 aliphatic heterocycles. The minimum Gasteiger partial charge on any atom is -0.427 e. The minimum absolute atomic E-state index is 0.140. The summed E-state index contributed by atoms with van der Waals surface area (Å²) in [4.78, 5) is 0. The Hall–Kier alpha value is -3.61. The maximum Gasteiger partial charge on any atom is 0.404 e. The predicted octanol–water partition coefficient (Wildman–Crippen LogP) is 8.73. The summed E-state index contributed by atoms with van der Waals surface area (Å²) < 4.78 is 126. The molecule has 0 spiro atoms. The van der Waals surface area contributed by atoms with Gasteiger partial charge in [0.1, 0.15) is 29.5 Å². The molecule has 1 atom stereocenters. The van der Waals surface area contributed by atoms with E-state index in [1.165, 1.54) is 12.1 Å². The molecule has 0 radical (unpaired) electrons. The van der Waals surface area contributed by atoms with E-state index in [1.54, 1.807) is 0 Å². The third-order valence-electron chi connectivity index (χ3n) is 6.43. The molecule has 0 aliphatic carbocycles. The molecule has 1 fully saturated rings. The Kier molecular flexibility index (Phi) is 10.7. The molecule has 0 N–H and O–H groups in total. The van der Waals surface area contributed by atoms with Crippen molar-refractivity contribution in [2.75, 3.05) is 26.4 Å². The summed E-state index contributed by atoms with van der Waals surface area (Å²) in [5, 5.41) is 0. The number of rotatable bonds is 12. The van der Waals surface area contributed by atoms with Gasteiger partial charge in [-0.25, -0.2) is 26.3 Å². The normalized spacial score (nSPS) is 18.8. The van der Waals surface area contributed by atoms with Crippen LogP contribution in [0.3, 0.4) is 0 Å². The molecular formula is C31H29F7O5. The molecule has 1 heterocycles. The Morgan fingerprint density at radius 1 is 0.907 bits per heavy atom. The molecule has 1 unspecified atom stereocenters. The van der Waals surface area contributed by atoms with E-state index in [1.807, 2.05) is 6.92 Å². The molecule has 3 aromatic carbocycles. The third kappa shape index (κ3) is 8.27. The van der Waals surface area contributed by atoms with E-state index in [0.29, 0.717) is 50.2 Å². The fourth-order valence-corrected chi connectivity index (χ4v) is 4.38. The lowest BCUT2D eigenvalue weighted by Crippen LogP contribution is -2.34. The largest absolute Gasteiger partial charge is 0.427 e. The Morgan fingerprint density at radius 3 is 2.21 bits per heavy atom. The maximum atomic E-state index is 15.1. The van der Waals surface area contributed by atoms with E-state index >= 15 is 4.39 Å². The van der Waals surface area contributed by atoms with E-state index in [-0.39, 0.29) is 17.0 Å². The van der Waals surface area contributed by atoms with Gasteiger partial charge in [0.2, 0.25) is 0 Å². The van der Waals surface area contributed by atoms with Crippen LogP contribution < -0.4 is 9.47 Å². The molecule has 232 valence electrons. The van der Waals surface area contributed by atoms with Crippen molar-refractivity contribution >= 4 is 5.83 Å². The van der Waals surface area contributed by atoms with Crippen LogP contribution in [0.1, 0.15) is 44.1 Å². The maximum absolute atomic E-state index is 15.1. The Balaban J connectivity index is 1.38. The average molecular weight is 615 g/mol. The Morgan fingerprint density at radius 2 is 1.60 bits per heavy atom. The van der Waals surface area contributed by atoms with E-state index in [9.17, 15) is 26.3 Å². The summed E-state index contributed by atoms with van der Waals surface area (Å²) in [6, 6.07) is 4.75. The topological polar surface area (TPSA) is 46.2 Å². The van der Waals surface area contributed by atoms with E-state index in [2.05, 4.69) is 0 Å². The van der Waals surface area contributed by atoms with Gasteiger partial charge in [-0.3, -0.25) is 0 Å². The van der Waals surface area contributed by atoms with Crippen molar-refractivity contribution < 1.29 is 54.4 Å². The number of halogens is 7. The highest BCUT2D eigenvalue weighted by Crippen LogP contribution is 2.34. The zero-order valence-electron chi connectivity index (χ0n) is 23.3. The van der Waals surface area contributed by atoms with Gasteiger partial charge in [-0.1, -0.05) is 13.0 Å². The molecule has 0 amide bonds. The number of benzene rings is 3. The van der Waals surface area contributed by atoms with Crippen molar-refractivity contribution in [3.05, 3.63) is 89.3 Å². The van der Waals surface area contributed by atoms with Crippen LogP contribution in [-0.4, -0.2) is 32.5 Å². The van der Waals surface area contributed by atoms with Crippen LogP contribution in [0, 0.1) is 29.2 Å². The molecule has 0 bridgehead atoms. The van der Waals surface area contributed by atoms with Gasteiger partial charge in [-0.2, -0.15) is 4.39 Å². The van der Waals surface area contributed by atoms with Crippen molar-refractivity contribution in [2.24, 2.45) is 5.92 Å². The van der Waals surface area contributed by atoms with Gasteiger partial charge in [-0.05, 0) is 54.8 Å². The highest BCUT2D eigenvalue weighted by Gasteiger charge is 2.31. The fourth-order valence-electron chi connectivity index (χ4n) is 4.38. The quantitative estimate of drug-likeness (QED) is 0.116. The molecule has 12 heteroatoms. The highest BCUT2D eigenvalue weighted by atomic mass is 19.2. The van der Waals surface area contributed by atoms with Crippen molar-refractivity contribution in [2.45, 2.75) is 39.0 Å². The second-order valence-electron chi connectivity index (χ2n) is 9.91. The summed E-state index contributed by atoms with van der Waals surface area (Å²) in [5.41, 5.74) is -1.56. The van der Waals surface area contributed by atoms with Crippen molar-refractivity contribution in [3.8, 4) is 22.6 Å². The first kappa shape index (κ1) is 32.3.